The van der Waals surface area contributed by atoms with Crippen molar-refractivity contribution in [3.05, 3.63) is 34.9 Å². The Hall–Kier alpha value is -3.28. The summed E-state index contributed by atoms with van der Waals surface area (Å²) in [6, 6.07) is 4.77. The Labute approximate surface area is 282 Å². The number of aryl methyl sites for hydroxylation is 1. The summed E-state index contributed by atoms with van der Waals surface area (Å²) in [7, 11) is 0. The summed E-state index contributed by atoms with van der Waals surface area (Å²) >= 11 is 1.41. The molecular weight excluding hydrogens is 620 g/mol. The van der Waals surface area contributed by atoms with E-state index in [1.807, 2.05) is 39.8 Å². The molecule has 1 saturated carbocycles. The number of rotatable bonds is 17. The average Bonchev–Trinajstić information content (AvgIpc) is 3.54. The molecule has 260 valence electrons. The number of ether oxygens (including phenoxy) is 1. The van der Waals surface area contributed by atoms with E-state index in [4.69, 9.17) is 4.74 Å². The first-order valence-corrected chi connectivity index (χ1v) is 18.0. The topological polar surface area (TPSA) is 154 Å². The average molecular weight is 673 g/mol. The van der Waals surface area contributed by atoms with Gasteiger partial charge in [0.1, 0.15) is 18.6 Å². The van der Waals surface area contributed by atoms with Crippen LogP contribution in [0.3, 0.4) is 0 Å². The largest absolute Gasteiger partial charge is 0.481 e. The molecule has 1 aliphatic heterocycles. The molecule has 4 rings (SSSR count). The number of carboxylic acids is 1. The minimum absolute atomic E-state index is 0.0666. The molecule has 3 unspecified atom stereocenters. The lowest BCUT2D eigenvalue weighted by atomic mass is 9.87. The number of hydrogen-bond donors (Lipinski definition) is 4. The molecule has 4 atom stereocenters. The zero-order valence-corrected chi connectivity index (χ0v) is 29.1. The SMILES string of the molecule is CC[C@H](C)C(NC(=O)C1CCCN1C(=O)CNC(=O)OCC(C)(C)CCCCc1cccc2c1CC(C(=O)O)C2)C(=O)NSC1CC1. The molecule has 2 aliphatic carbocycles. The maximum absolute atomic E-state index is 13.2. The second-order valence-electron chi connectivity index (χ2n) is 14.2. The summed E-state index contributed by atoms with van der Waals surface area (Å²) in [4.78, 5) is 64.6. The van der Waals surface area contributed by atoms with Gasteiger partial charge in [-0.25, -0.2) is 4.79 Å². The number of likely N-dealkylation sites (tertiary alicyclic amines) is 1. The van der Waals surface area contributed by atoms with Gasteiger partial charge < -0.3 is 25.4 Å². The molecule has 11 nitrogen and oxygen atoms in total. The summed E-state index contributed by atoms with van der Waals surface area (Å²) in [5, 5.41) is 15.3. The van der Waals surface area contributed by atoms with Crippen LogP contribution in [0.15, 0.2) is 18.2 Å². The number of carbonyl (C=O) groups is 5. The Kier molecular flexibility index (Phi) is 13.0. The Morgan fingerprint density at radius 2 is 1.87 bits per heavy atom. The highest BCUT2D eigenvalue weighted by Gasteiger charge is 2.37. The Morgan fingerprint density at radius 1 is 1.11 bits per heavy atom. The van der Waals surface area contributed by atoms with E-state index in [0.29, 0.717) is 43.9 Å². The van der Waals surface area contributed by atoms with E-state index in [1.54, 1.807) is 0 Å². The fourth-order valence-corrected chi connectivity index (χ4v) is 7.15. The summed E-state index contributed by atoms with van der Waals surface area (Å²) in [6.45, 7) is 8.29. The zero-order valence-electron chi connectivity index (χ0n) is 28.3. The van der Waals surface area contributed by atoms with Gasteiger partial charge in [0.25, 0.3) is 5.91 Å². The monoisotopic (exact) mass is 672 g/mol. The van der Waals surface area contributed by atoms with Crippen molar-refractivity contribution in [1.82, 2.24) is 20.3 Å². The van der Waals surface area contributed by atoms with Gasteiger partial charge in [-0.15, -0.1) is 0 Å². The van der Waals surface area contributed by atoms with Gasteiger partial charge in [0.2, 0.25) is 11.8 Å². The minimum atomic E-state index is -0.735. The number of nitrogens with zero attached hydrogens (tertiary/aromatic N) is 1. The van der Waals surface area contributed by atoms with Gasteiger partial charge in [-0.1, -0.05) is 58.7 Å². The third-order valence-corrected chi connectivity index (χ3v) is 10.8. The molecular formula is C35H52N4O7S. The first kappa shape index (κ1) is 36.6. The van der Waals surface area contributed by atoms with Crippen molar-refractivity contribution in [3.8, 4) is 0 Å². The van der Waals surface area contributed by atoms with Crippen LogP contribution >= 0.6 is 11.9 Å². The van der Waals surface area contributed by atoms with Crippen molar-refractivity contribution < 1.29 is 33.8 Å². The molecule has 4 amide bonds. The Bertz CT molecular complexity index is 1300. The standard InChI is InChI=1S/C35H52N4O7S/c1-5-22(2)30(32(42)38-47-26-14-15-26)37-31(41)28-13-9-17-39(28)29(40)20-36-34(45)46-21-35(3,4)16-7-6-10-23-11-8-12-24-18-25(33(43)44)19-27(23)24/h8,11-12,22,25-26,28,30H,5-7,9-10,13-21H2,1-4H3,(H,36,45)(H,37,41)(H,38,42)(H,43,44)/t22-,25?,28?,30?/m0/s1. The molecule has 0 bridgehead atoms. The Morgan fingerprint density at radius 3 is 2.57 bits per heavy atom. The number of aliphatic carboxylic acids is 1. The second-order valence-corrected chi connectivity index (χ2v) is 15.3. The van der Waals surface area contributed by atoms with Gasteiger partial charge in [-0.2, -0.15) is 0 Å². The smallest absolute Gasteiger partial charge is 0.407 e. The molecule has 2 fully saturated rings. The second kappa shape index (κ2) is 16.7. The van der Waals surface area contributed by atoms with Crippen LogP contribution in [0.25, 0.3) is 0 Å². The van der Waals surface area contributed by atoms with E-state index in [9.17, 15) is 29.1 Å². The minimum Gasteiger partial charge on any atom is -0.481 e. The van der Waals surface area contributed by atoms with Crippen molar-refractivity contribution >= 4 is 41.7 Å². The highest BCUT2D eigenvalue weighted by Crippen LogP contribution is 2.33. The molecule has 1 saturated heterocycles. The van der Waals surface area contributed by atoms with Gasteiger partial charge in [0.15, 0.2) is 0 Å². The van der Waals surface area contributed by atoms with Crippen LogP contribution in [-0.4, -0.2) is 76.8 Å². The molecule has 0 radical (unpaired) electrons. The van der Waals surface area contributed by atoms with E-state index in [0.717, 1.165) is 44.1 Å². The predicted octanol–water partition coefficient (Wildman–Crippen LogP) is 4.40. The van der Waals surface area contributed by atoms with Gasteiger partial charge >= 0.3 is 12.1 Å². The molecule has 12 heteroatoms. The van der Waals surface area contributed by atoms with Gasteiger partial charge in [0, 0.05) is 11.8 Å². The van der Waals surface area contributed by atoms with Crippen LogP contribution in [0.4, 0.5) is 4.79 Å². The lowest BCUT2D eigenvalue weighted by Gasteiger charge is -2.28. The van der Waals surface area contributed by atoms with Crippen LogP contribution in [0.1, 0.15) is 95.8 Å². The number of carbonyl (C=O) groups excluding carboxylic acids is 4. The lowest BCUT2D eigenvalue weighted by Crippen LogP contribution is -2.55. The summed E-state index contributed by atoms with van der Waals surface area (Å²) in [5.74, 6) is -2.07. The van der Waals surface area contributed by atoms with Crippen LogP contribution < -0.4 is 15.4 Å². The maximum atomic E-state index is 13.2. The van der Waals surface area contributed by atoms with Gasteiger partial charge in [-0.05, 0) is 97.8 Å². The van der Waals surface area contributed by atoms with E-state index in [2.05, 4.69) is 21.4 Å². The van der Waals surface area contributed by atoms with Crippen molar-refractivity contribution in [2.24, 2.45) is 17.3 Å². The van der Waals surface area contributed by atoms with Crippen LogP contribution in [0, 0.1) is 17.3 Å². The first-order valence-electron chi connectivity index (χ1n) is 17.2. The molecule has 0 spiro atoms. The highest BCUT2D eigenvalue weighted by atomic mass is 32.2. The zero-order chi connectivity index (χ0) is 34.1. The molecule has 47 heavy (non-hydrogen) atoms. The molecule has 1 heterocycles. The van der Waals surface area contributed by atoms with E-state index in [-0.39, 0.29) is 48.1 Å². The number of amides is 4. The van der Waals surface area contributed by atoms with E-state index >= 15 is 0 Å². The van der Waals surface area contributed by atoms with E-state index < -0.39 is 24.1 Å². The number of unbranched alkanes of at least 4 members (excludes halogenated alkanes) is 1. The third kappa shape index (κ3) is 10.6. The fraction of sp³-hybridized carbons (Fsp3) is 0.686. The molecule has 1 aromatic carbocycles. The predicted molar refractivity (Wildman–Crippen MR) is 181 cm³/mol. The van der Waals surface area contributed by atoms with Crippen molar-refractivity contribution in [2.75, 3.05) is 19.7 Å². The summed E-state index contributed by atoms with van der Waals surface area (Å²) in [6.07, 6.45) is 8.17. The van der Waals surface area contributed by atoms with Gasteiger partial charge in [-0.3, -0.25) is 23.9 Å². The first-order chi connectivity index (χ1) is 22.4. The number of hydrogen-bond acceptors (Lipinski definition) is 7. The third-order valence-electron chi connectivity index (χ3n) is 9.68. The Balaban J connectivity index is 1.16. The molecule has 1 aromatic rings. The van der Waals surface area contributed by atoms with Crippen molar-refractivity contribution in [3.63, 3.8) is 0 Å². The summed E-state index contributed by atoms with van der Waals surface area (Å²) < 4.78 is 8.35. The maximum Gasteiger partial charge on any atom is 0.407 e. The van der Waals surface area contributed by atoms with Crippen molar-refractivity contribution in [1.29, 1.82) is 0 Å². The van der Waals surface area contributed by atoms with Gasteiger partial charge in [0.05, 0.1) is 12.5 Å². The number of fused-ring (bicyclic) bond motifs is 1. The molecule has 3 aliphatic rings. The molecule has 4 N–H and O–H groups in total. The van der Waals surface area contributed by atoms with Crippen molar-refractivity contribution in [2.45, 2.75) is 116 Å². The van der Waals surface area contributed by atoms with Crippen LogP contribution in [0.2, 0.25) is 0 Å². The quantitative estimate of drug-likeness (QED) is 0.140. The van der Waals surface area contributed by atoms with E-state index in [1.165, 1.54) is 28.0 Å². The lowest BCUT2D eigenvalue weighted by molar-refractivity contribution is -0.141. The number of alkyl carbamates (subject to hydrolysis) is 1. The fourth-order valence-electron chi connectivity index (χ4n) is 6.37. The number of benzene rings is 1. The van der Waals surface area contributed by atoms with Crippen LogP contribution in [-0.2, 0) is 43.2 Å². The number of carboxylic acid groups (broad SMARTS) is 1. The number of nitrogens with one attached hydrogen (secondary N) is 3. The molecule has 0 aromatic heterocycles. The highest BCUT2D eigenvalue weighted by molar-refractivity contribution is 7.98. The summed E-state index contributed by atoms with van der Waals surface area (Å²) in [5.41, 5.74) is 3.30. The normalized spacial score (nSPS) is 20.2. The van der Waals surface area contributed by atoms with Crippen LogP contribution in [0.5, 0.6) is 0 Å².